The number of hydrogen-bond donors (Lipinski definition) is 0. The minimum absolute atomic E-state index is 0.0812. The molecular formula is C22H19ClN4O3. The number of rotatable bonds is 5. The van der Waals surface area contributed by atoms with Gasteiger partial charge in [0.05, 0.1) is 30.5 Å². The van der Waals surface area contributed by atoms with Crippen molar-refractivity contribution in [2.45, 2.75) is 26.2 Å². The minimum Gasteiger partial charge on any atom is -0.494 e. The van der Waals surface area contributed by atoms with Crippen molar-refractivity contribution in [3.05, 3.63) is 70.9 Å². The second-order valence-electron chi connectivity index (χ2n) is 6.91. The summed E-state index contributed by atoms with van der Waals surface area (Å²) < 4.78 is 18.9. The van der Waals surface area contributed by atoms with Gasteiger partial charge in [-0.15, -0.1) is 0 Å². The third kappa shape index (κ3) is 3.58. The van der Waals surface area contributed by atoms with E-state index in [0.717, 1.165) is 22.6 Å². The van der Waals surface area contributed by atoms with Crippen molar-refractivity contribution in [3.8, 4) is 28.7 Å². The molecule has 1 atom stereocenters. The van der Waals surface area contributed by atoms with Crippen LogP contribution in [0.5, 0.6) is 5.75 Å². The molecule has 8 heteroatoms. The molecule has 0 radical (unpaired) electrons. The largest absolute Gasteiger partial charge is 0.494 e. The van der Waals surface area contributed by atoms with E-state index in [1.54, 1.807) is 6.07 Å². The van der Waals surface area contributed by atoms with Gasteiger partial charge in [0, 0.05) is 5.56 Å². The minimum atomic E-state index is -0.0812. The first-order valence-corrected chi connectivity index (χ1v) is 10.1. The molecule has 3 heterocycles. The first kappa shape index (κ1) is 18.8. The van der Waals surface area contributed by atoms with Gasteiger partial charge in [-0.2, -0.15) is 10.1 Å². The van der Waals surface area contributed by atoms with Crippen molar-refractivity contribution in [2.24, 2.45) is 0 Å². The summed E-state index contributed by atoms with van der Waals surface area (Å²) in [5.74, 6) is 1.64. The number of fused-ring (bicyclic) bond motifs is 1. The van der Waals surface area contributed by atoms with Crippen molar-refractivity contribution in [2.75, 3.05) is 6.61 Å². The van der Waals surface area contributed by atoms with Gasteiger partial charge in [-0.25, -0.2) is 0 Å². The van der Waals surface area contributed by atoms with Crippen molar-refractivity contribution in [1.29, 1.82) is 0 Å². The Hall–Kier alpha value is -3.16. The maximum Gasteiger partial charge on any atom is 0.278 e. The lowest BCUT2D eigenvalue weighted by molar-refractivity contribution is -0.00115. The van der Waals surface area contributed by atoms with Crippen LogP contribution in [-0.4, -0.2) is 26.5 Å². The highest BCUT2D eigenvalue weighted by molar-refractivity contribution is 6.33. The lowest BCUT2D eigenvalue weighted by atomic mass is 10.1. The van der Waals surface area contributed by atoms with Crippen LogP contribution in [0.3, 0.4) is 0 Å². The van der Waals surface area contributed by atoms with Crippen LogP contribution in [0.15, 0.2) is 59.1 Å². The smallest absolute Gasteiger partial charge is 0.278 e. The lowest BCUT2D eigenvalue weighted by Gasteiger charge is -2.24. The van der Waals surface area contributed by atoms with Crippen LogP contribution in [0.4, 0.5) is 0 Å². The van der Waals surface area contributed by atoms with Crippen LogP contribution in [-0.2, 0) is 17.9 Å². The summed E-state index contributed by atoms with van der Waals surface area (Å²) in [6.45, 7) is 3.67. The number of aromatic nitrogens is 4. The van der Waals surface area contributed by atoms with Crippen LogP contribution in [0.25, 0.3) is 23.0 Å². The molecule has 2 aromatic carbocycles. The molecule has 0 spiro atoms. The molecule has 0 saturated heterocycles. The Kier molecular flexibility index (Phi) is 4.98. The number of benzene rings is 2. The molecule has 0 saturated carbocycles. The molecule has 0 N–H and O–H groups in total. The van der Waals surface area contributed by atoms with E-state index in [-0.39, 0.29) is 6.10 Å². The van der Waals surface area contributed by atoms with Crippen LogP contribution >= 0.6 is 11.6 Å². The summed E-state index contributed by atoms with van der Waals surface area (Å²) >= 11 is 6.23. The van der Waals surface area contributed by atoms with Gasteiger partial charge in [-0.1, -0.05) is 41.0 Å². The Balaban J connectivity index is 1.36. The van der Waals surface area contributed by atoms with E-state index in [0.29, 0.717) is 42.2 Å². The topological polar surface area (TPSA) is 75.2 Å². The first-order valence-electron chi connectivity index (χ1n) is 9.71. The fraction of sp³-hybridized carbons (Fsp3) is 0.227. The molecule has 0 fully saturated rings. The van der Waals surface area contributed by atoms with Gasteiger partial charge in [0.2, 0.25) is 5.82 Å². The number of nitrogens with zero attached hydrogens (tertiary/aromatic N) is 4. The van der Waals surface area contributed by atoms with Crippen molar-refractivity contribution in [3.63, 3.8) is 0 Å². The molecule has 1 aliphatic rings. The monoisotopic (exact) mass is 422 g/mol. The predicted molar refractivity (Wildman–Crippen MR) is 111 cm³/mol. The SMILES string of the molecule is CCOc1ccc(C2Cn3nc(-c4nc(-c5ccccc5Cl)no4)cc3CO2)cc1. The van der Waals surface area contributed by atoms with Gasteiger partial charge in [0.1, 0.15) is 11.9 Å². The highest BCUT2D eigenvalue weighted by Gasteiger charge is 2.24. The summed E-state index contributed by atoms with van der Waals surface area (Å²) in [4.78, 5) is 4.47. The van der Waals surface area contributed by atoms with E-state index >= 15 is 0 Å². The van der Waals surface area contributed by atoms with Crippen LogP contribution in [0.1, 0.15) is 24.3 Å². The predicted octanol–water partition coefficient (Wildman–Crippen LogP) is 4.92. The average Bonchev–Trinajstić information content (AvgIpc) is 3.41. The summed E-state index contributed by atoms with van der Waals surface area (Å²) in [6, 6.07) is 17.3. The number of halogens is 1. The standard InChI is InChI=1S/C22H19ClN4O3/c1-2-28-16-9-7-14(8-10-16)20-12-27-15(13-29-20)11-19(25-27)22-24-21(26-30-22)17-5-3-4-6-18(17)23/h3-11,20H,2,12-13H2,1H3. The molecular weight excluding hydrogens is 404 g/mol. The fourth-order valence-electron chi connectivity index (χ4n) is 3.46. The van der Waals surface area contributed by atoms with E-state index in [1.165, 1.54) is 0 Å². The zero-order valence-electron chi connectivity index (χ0n) is 16.3. The van der Waals surface area contributed by atoms with Crippen LogP contribution < -0.4 is 4.74 Å². The van der Waals surface area contributed by atoms with Gasteiger partial charge >= 0.3 is 0 Å². The van der Waals surface area contributed by atoms with E-state index in [9.17, 15) is 0 Å². The lowest BCUT2D eigenvalue weighted by Crippen LogP contribution is -2.21. The fourth-order valence-corrected chi connectivity index (χ4v) is 3.68. The third-order valence-electron chi connectivity index (χ3n) is 4.96. The Morgan fingerprint density at radius 2 is 2.00 bits per heavy atom. The maximum absolute atomic E-state index is 6.23. The Morgan fingerprint density at radius 1 is 1.17 bits per heavy atom. The van der Waals surface area contributed by atoms with Gasteiger partial charge < -0.3 is 14.0 Å². The Morgan fingerprint density at radius 3 is 2.80 bits per heavy atom. The average molecular weight is 423 g/mol. The number of ether oxygens (including phenoxy) is 2. The van der Waals surface area contributed by atoms with E-state index in [2.05, 4.69) is 15.2 Å². The van der Waals surface area contributed by atoms with Crippen LogP contribution in [0, 0.1) is 0 Å². The van der Waals surface area contributed by atoms with Crippen molar-refractivity contribution in [1.82, 2.24) is 19.9 Å². The number of hydrogen-bond acceptors (Lipinski definition) is 6. The van der Waals surface area contributed by atoms with Gasteiger partial charge in [0.15, 0.2) is 5.69 Å². The quantitative estimate of drug-likeness (QED) is 0.454. The summed E-state index contributed by atoms with van der Waals surface area (Å²) in [6.07, 6.45) is -0.0812. The van der Waals surface area contributed by atoms with Crippen molar-refractivity contribution < 1.29 is 14.0 Å². The summed E-state index contributed by atoms with van der Waals surface area (Å²) in [5.41, 5.74) is 3.38. The van der Waals surface area contributed by atoms with Gasteiger partial charge in [-0.3, -0.25) is 4.68 Å². The first-order chi connectivity index (χ1) is 14.7. The molecule has 152 valence electrons. The van der Waals surface area contributed by atoms with E-state index in [4.69, 9.17) is 25.6 Å². The van der Waals surface area contributed by atoms with E-state index < -0.39 is 0 Å². The second kappa shape index (κ2) is 7.93. The maximum atomic E-state index is 6.23. The molecule has 0 bridgehead atoms. The van der Waals surface area contributed by atoms with Gasteiger partial charge in [-0.05, 0) is 42.8 Å². The zero-order valence-corrected chi connectivity index (χ0v) is 17.0. The molecule has 4 aromatic rings. The van der Waals surface area contributed by atoms with Gasteiger partial charge in [0.25, 0.3) is 5.89 Å². The van der Waals surface area contributed by atoms with Crippen molar-refractivity contribution >= 4 is 11.6 Å². The molecule has 0 amide bonds. The van der Waals surface area contributed by atoms with Crippen LogP contribution in [0.2, 0.25) is 5.02 Å². The Labute approximate surface area is 178 Å². The van der Waals surface area contributed by atoms with E-state index in [1.807, 2.05) is 60.1 Å². The highest BCUT2D eigenvalue weighted by atomic mass is 35.5. The second-order valence-corrected chi connectivity index (χ2v) is 7.31. The highest BCUT2D eigenvalue weighted by Crippen LogP contribution is 2.31. The summed E-state index contributed by atoms with van der Waals surface area (Å²) in [7, 11) is 0. The molecule has 5 rings (SSSR count). The molecule has 2 aromatic heterocycles. The molecule has 1 unspecified atom stereocenters. The zero-order chi connectivity index (χ0) is 20.5. The molecule has 0 aliphatic carbocycles. The molecule has 1 aliphatic heterocycles. The molecule has 30 heavy (non-hydrogen) atoms. The normalized spacial score (nSPS) is 15.7. The third-order valence-corrected chi connectivity index (χ3v) is 5.29. The summed E-state index contributed by atoms with van der Waals surface area (Å²) in [5, 5.41) is 9.28. The molecule has 7 nitrogen and oxygen atoms in total. The Bertz CT molecular complexity index is 1170.